The summed E-state index contributed by atoms with van der Waals surface area (Å²) in [7, 11) is 0. The lowest BCUT2D eigenvalue weighted by Crippen LogP contribution is -2.25. The third-order valence-corrected chi connectivity index (χ3v) is 4.13. The molecule has 1 aliphatic rings. The summed E-state index contributed by atoms with van der Waals surface area (Å²) in [6.07, 6.45) is 1.16. The average molecular weight is 353 g/mol. The van der Waals surface area contributed by atoms with Crippen LogP contribution in [0.1, 0.15) is 17.8 Å². The van der Waals surface area contributed by atoms with Crippen molar-refractivity contribution in [3.8, 4) is 0 Å². The monoisotopic (exact) mass is 352 g/mol. The van der Waals surface area contributed by atoms with E-state index in [2.05, 4.69) is 25.9 Å². The van der Waals surface area contributed by atoms with E-state index in [0.717, 1.165) is 26.1 Å². The van der Waals surface area contributed by atoms with Gasteiger partial charge in [0.05, 0.1) is 10.7 Å². The largest absolute Gasteiger partial charge is 0.382 e. The van der Waals surface area contributed by atoms with Crippen molar-refractivity contribution in [2.45, 2.75) is 13.0 Å². The molecular weight excluding hydrogens is 335 g/mol. The molecule has 1 aromatic heterocycles. The van der Waals surface area contributed by atoms with Crippen LogP contribution in [-0.2, 0) is 6.54 Å². The van der Waals surface area contributed by atoms with E-state index in [1.807, 2.05) is 0 Å². The van der Waals surface area contributed by atoms with Gasteiger partial charge in [-0.1, -0.05) is 16.8 Å². The van der Waals surface area contributed by atoms with Crippen LogP contribution >= 0.6 is 11.6 Å². The normalized spacial score (nSPS) is 18.2. The molecule has 0 bridgehead atoms. The van der Waals surface area contributed by atoms with Crippen LogP contribution < -0.4 is 16.4 Å². The van der Waals surface area contributed by atoms with Crippen LogP contribution in [-0.4, -0.2) is 35.8 Å². The van der Waals surface area contributed by atoms with Crippen molar-refractivity contribution in [3.05, 3.63) is 40.4 Å². The third kappa shape index (κ3) is 4.08. The second-order valence-corrected chi connectivity index (χ2v) is 6.05. The third-order valence-electron chi connectivity index (χ3n) is 3.84. The summed E-state index contributed by atoms with van der Waals surface area (Å²) in [6, 6.07) is 4.10. The Morgan fingerprint density at radius 2 is 2.38 bits per heavy atom. The van der Waals surface area contributed by atoms with E-state index >= 15 is 0 Å². The van der Waals surface area contributed by atoms with Gasteiger partial charge in [0.15, 0.2) is 11.5 Å². The molecule has 2 aromatic rings. The molecular formula is C15H18ClFN6O. The number of aliphatic imine (C=N–C) groups is 1. The van der Waals surface area contributed by atoms with Crippen LogP contribution in [0.5, 0.6) is 0 Å². The smallest absolute Gasteiger partial charge is 0.174 e. The molecule has 24 heavy (non-hydrogen) atoms. The molecule has 0 saturated carbocycles. The average Bonchev–Trinajstić information content (AvgIpc) is 3.22. The van der Waals surface area contributed by atoms with Gasteiger partial charge in [-0.2, -0.15) is 0 Å². The Morgan fingerprint density at radius 3 is 3.12 bits per heavy atom. The second-order valence-electron chi connectivity index (χ2n) is 5.64. The van der Waals surface area contributed by atoms with E-state index in [-0.39, 0.29) is 10.9 Å². The van der Waals surface area contributed by atoms with Crippen molar-refractivity contribution in [2.24, 2.45) is 16.6 Å². The molecule has 0 amide bonds. The van der Waals surface area contributed by atoms with Gasteiger partial charge >= 0.3 is 0 Å². The molecule has 3 rings (SSSR count). The Labute approximate surface area is 143 Å². The Hall–Kier alpha value is -2.03. The molecule has 1 aromatic carbocycles. The maximum absolute atomic E-state index is 13.2. The van der Waals surface area contributed by atoms with Gasteiger partial charge in [0.1, 0.15) is 11.5 Å². The number of halogens is 2. The number of benzene rings is 1. The number of nitrogens with zero attached hydrogens (tertiary/aromatic N) is 3. The minimum absolute atomic E-state index is 0.0191. The molecule has 1 fully saturated rings. The standard InChI is InChI=1S/C15H18ClFN6O/c16-11-5-10(1-2-12(11)17)21-15(18)14-13(22-24-23-14)8-20-7-9-3-4-19-6-9/h1-2,5,9,19-20H,3-4,6-8H2,(H2,18,21). The first-order chi connectivity index (χ1) is 11.6. The predicted octanol–water partition coefficient (Wildman–Crippen LogP) is 1.60. The van der Waals surface area contributed by atoms with E-state index in [1.54, 1.807) is 0 Å². The summed E-state index contributed by atoms with van der Waals surface area (Å²) >= 11 is 5.74. The van der Waals surface area contributed by atoms with Crippen molar-refractivity contribution in [2.75, 3.05) is 19.6 Å². The molecule has 4 N–H and O–H groups in total. The Morgan fingerprint density at radius 1 is 1.50 bits per heavy atom. The number of nitrogens with two attached hydrogens (primary N) is 1. The quantitative estimate of drug-likeness (QED) is 0.539. The minimum Gasteiger partial charge on any atom is -0.382 e. The molecule has 1 unspecified atom stereocenters. The summed E-state index contributed by atoms with van der Waals surface area (Å²) in [5.41, 5.74) is 7.34. The Bertz CT molecular complexity index is 729. The molecule has 128 valence electrons. The fraction of sp³-hybridized carbons (Fsp3) is 0.400. The maximum atomic E-state index is 13.2. The zero-order chi connectivity index (χ0) is 16.9. The Balaban J connectivity index is 1.66. The van der Waals surface area contributed by atoms with Gasteiger partial charge in [0.2, 0.25) is 0 Å². The van der Waals surface area contributed by atoms with Gasteiger partial charge in [-0.3, -0.25) is 0 Å². The maximum Gasteiger partial charge on any atom is 0.174 e. The van der Waals surface area contributed by atoms with E-state index in [4.69, 9.17) is 22.0 Å². The number of rotatable bonds is 6. The summed E-state index contributed by atoms with van der Waals surface area (Å²) in [6.45, 7) is 3.44. The lowest BCUT2D eigenvalue weighted by Gasteiger charge is -2.08. The van der Waals surface area contributed by atoms with Crippen molar-refractivity contribution in [1.82, 2.24) is 20.9 Å². The molecule has 0 spiro atoms. The lowest BCUT2D eigenvalue weighted by atomic mass is 10.1. The van der Waals surface area contributed by atoms with Gasteiger partial charge in [-0.25, -0.2) is 14.0 Å². The van der Waals surface area contributed by atoms with Gasteiger partial charge in [0, 0.05) is 6.54 Å². The van der Waals surface area contributed by atoms with E-state index in [9.17, 15) is 4.39 Å². The highest BCUT2D eigenvalue weighted by molar-refractivity contribution is 6.31. The fourth-order valence-electron chi connectivity index (χ4n) is 2.55. The molecule has 1 aliphatic heterocycles. The first kappa shape index (κ1) is 16.8. The van der Waals surface area contributed by atoms with E-state index in [0.29, 0.717) is 29.5 Å². The molecule has 7 nitrogen and oxygen atoms in total. The molecule has 0 aliphatic carbocycles. The number of nitrogens with one attached hydrogen (secondary N) is 2. The zero-order valence-electron chi connectivity index (χ0n) is 12.9. The summed E-state index contributed by atoms with van der Waals surface area (Å²) in [4.78, 5) is 4.19. The van der Waals surface area contributed by atoms with Gasteiger partial charge in [0.25, 0.3) is 0 Å². The van der Waals surface area contributed by atoms with Crippen LogP contribution in [0, 0.1) is 11.7 Å². The predicted molar refractivity (Wildman–Crippen MR) is 88.8 cm³/mol. The van der Waals surface area contributed by atoms with Crippen LogP contribution in [0.3, 0.4) is 0 Å². The highest BCUT2D eigenvalue weighted by Crippen LogP contribution is 2.22. The van der Waals surface area contributed by atoms with E-state index in [1.165, 1.54) is 18.2 Å². The number of hydrogen-bond acceptors (Lipinski definition) is 6. The van der Waals surface area contributed by atoms with Gasteiger partial charge in [-0.15, -0.1) is 0 Å². The number of amidine groups is 1. The number of aromatic nitrogens is 2. The summed E-state index contributed by atoms with van der Waals surface area (Å²) in [5, 5.41) is 14.3. The van der Waals surface area contributed by atoms with Crippen molar-refractivity contribution >= 4 is 23.1 Å². The van der Waals surface area contributed by atoms with Crippen LogP contribution in [0.4, 0.5) is 10.1 Å². The first-order valence-corrected chi connectivity index (χ1v) is 8.03. The SMILES string of the molecule is NC(=Nc1ccc(F)c(Cl)c1)c1nonc1CNCC1CCNC1. The topological polar surface area (TPSA) is 101 Å². The molecule has 0 radical (unpaired) electrons. The van der Waals surface area contributed by atoms with Crippen molar-refractivity contribution < 1.29 is 9.02 Å². The molecule has 2 heterocycles. The summed E-state index contributed by atoms with van der Waals surface area (Å²) < 4.78 is 17.9. The van der Waals surface area contributed by atoms with Crippen molar-refractivity contribution in [1.29, 1.82) is 0 Å². The van der Waals surface area contributed by atoms with Gasteiger partial charge < -0.3 is 16.4 Å². The molecule has 1 saturated heterocycles. The minimum atomic E-state index is -0.511. The first-order valence-electron chi connectivity index (χ1n) is 7.66. The zero-order valence-corrected chi connectivity index (χ0v) is 13.7. The van der Waals surface area contributed by atoms with Crippen LogP contribution in [0.25, 0.3) is 0 Å². The van der Waals surface area contributed by atoms with Crippen molar-refractivity contribution in [3.63, 3.8) is 0 Å². The highest BCUT2D eigenvalue weighted by Gasteiger charge is 2.17. The molecule has 1 atom stereocenters. The highest BCUT2D eigenvalue weighted by atomic mass is 35.5. The van der Waals surface area contributed by atoms with E-state index < -0.39 is 5.82 Å². The second kappa shape index (κ2) is 7.69. The van der Waals surface area contributed by atoms with Crippen LogP contribution in [0.2, 0.25) is 5.02 Å². The lowest BCUT2D eigenvalue weighted by molar-refractivity contribution is 0.301. The number of hydrogen-bond donors (Lipinski definition) is 3. The van der Waals surface area contributed by atoms with Gasteiger partial charge in [-0.05, 0) is 55.3 Å². The summed E-state index contributed by atoms with van der Waals surface area (Å²) in [5.74, 6) is 0.238. The molecule has 9 heteroatoms. The van der Waals surface area contributed by atoms with Crippen LogP contribution in [0.15, 0.2) is 27.8 Å². The fourth-order valence-corrected chi connectivity index (χ4v) is 2.72. The Kier molecular flexibility index (Phi) is 5.39.